The van der Waals surface area contributed by atoms with Gasteiger partial charge < -0.3 is 19.5 Å². The lowest BCUT2D eigenvalue weighted by atomic mass is 9.72. The molecule has 330 valence electrons. The summed E-state index contributed by atoms with van der Waals surface area (Å²) in [5.41, 5.74) is 7.65. The average Bonchev–Trinajstić information content (AvgIpc) is 3.77. The maximum Gasteiger partial charge on any atom is 0.162 e. The van der Waals surface area contributed by atoms with E-state index in [0.29, 0.717) is 46.9 Å². The number of phenolic OH excluding ortho intramolecular Hbond substituents is 1. The average molecular weight is 885 g/mol. The SMILES string of the molecule is CC1=C(c2c(F)cc(F)cc2F)[C@@H](c2ccc(OCCN3CCCC4(CCN(c5ccc(C6=N[C@@H](C)c7nnc(C)n7-c7sc(C)c(C)c76)cc5)CC4)C3)cc2)Oc2ccc(O)cc21. The number of aromatic hydroxyl groups is 1. The normalized spacial score (nSPS) is 19.4. The number of rotatable bonds is 8. The van der Waals surface area contributed by atoms with Crippen molar-refractivity contribution < 1.29 is 27.8 Å². The number of halogens is 3. The Morgan fingerprint density at radius 2 is 1.59 bits per heavy atom. The summed E-state index contributed by atoms with van der Waals surface area (Å²) >= 11 is 1.78. The number of hydrogen-bond donors (Lipinski definition) is 1. The molecule has 0 amide bonds. The molecular formula is C51H51F3N6O3S. The second-order valence-corrected chi connectivity index (χ2v) is 19.1. The van der Waals surface area contributed by atoms with E-state index in [1.54, 1.807) is 24.3 Å². The van der Waals surface area contributed by atoms with Crippen LogP contribution in [0.2, 0.25) is 0 Å². The first kappa shape index (κ1) is 42.1. The molecule has 64 heavy (non-hydrogen) atoms. The maximum absolute atomic E-state index is 15.3. The highest BCUT2D eigenvalue weighted by Crippen LogP contribution is 2.49. The Hall–Kier alpha value is -5.92. The summed E-state index contributed by atoms with van der Waals surface area (Å²) in [6, 6.07) is 22.2. The monoisotopic (exact) mass is 884 g/mol. The van der Waals surface area contributed by atoms with Crippen LogP contribution in [0.4, 0.5) is 18.9 Å². The van der Waals surface area contributed by atoms with Gasteiger partial charge in [0.05, 0.1) is 11.3 Å². The second kappa shape index (κ2) is 16.6. The number of aryl methyl sites for hydroxylation is 2. The molecule has 2 saturated heterocycles. The molecule has 4 aromatic carbocycles. The van der Waals surface area contributed by atoms with E-state index in [1.165, 1.54) is 40.2 Å². The number of fused-ring (bicyclic) bond motifs is 4. The van der Waals surface area contributed by atoms with Crippen LogP contribution >= 0.6 is 11.3 Å². The highest BCUT2D eigenvalue weighted by molar-refractivity contribution is 7.15. The molecule has 2 atom stereocenters. The number of thiophene rings is 1. The van der Waals surface area contributed by atoms with E-state index in [2.05, 4.69) is 69.6 Å². The fraction of sp³-hybridized carbons (Fsp3) is 0.353. The van der Waals surface area contributed by atoms with Gasteiger partial charge in [-0.15, -0.1) is 21.5 Å². The van der Waals surface area contributed by atoms with E-state index in [-0.39, 0.29) is 28.3 Å². The van der Waals surface area contributed by atoms with Crippen molar-refractivity contribution in [3.8, 4) is 22.2 Å². The molecule has 2 fully saturated rings. The van der Waals surface area contributed by atoms with Crippen LogP contribution < -0.4 is 14.4 Å². The molecule has 2 aromatic heterocycles. The van der Waals surface area contributed by atoms with Gasteiger partial charge in [-0.05, 0) is 131 Å². The number of aromatic nitrogens is 3. The number of allylic oxidation sites excluding steroid dienone is 1. The Bertz CT molecular complexity index is 2800. The van der Waals surface area contributed by atoms with Crippen LogP contribution in [0.25, 0.3) is 16.1 Å². The minimum absolute atomic E-state index is 0.00744. The minimum Gasteiger partial charge on any atom is -0.508 e. The van der Waals surface area contributed by atoms with Crippen LogP contribution in [0.15, 0.2) is 83.9 Å². The lowest BCUT2D eigenvalue weighted by molar-refractivity contribution is 0.0567. The van der Waals surface area contributed by atoms with Gasteiger partial charge >= 0.3 is 0 Å². The van der Waals surface area contributed by atoms with Gasteiger partial charge in [-0.1, -0.05) is 24.3 Å². The van der Waals surface area contributed by atoms with Gasteiger partial charge in [-0.3, -0.25) is 14.5 Å². The van der Waals surface area contributed by atoms with Crippen molar-refractivity contribution in [3.63, 3.8) is 0 Å². The van der Waals surface area contributed by atoms with Crippen molar-refractivity contribution in [2.75, 3.05) is 44.2 Å². The molecule has 1 spiro atoms. The summed E-state index contributed by atoms with van der Waals surface area (Å²) in [4.78, 5) is 11.6. The minimum atomic E-state index is -1.03. The van der Waals surface area contributed by atoms with Crippen LogP contribution in [-0.2, 0) is 0 Å². The molecule has 0 aliphatic carbocycles. The third kappa shape index (κ3) is 7.55. The Morgan fingerprint density at radius 1 is 0.859 bits per heavy atom. The number of ether oxygens (including phenoxy) is 2. The van der Waals surface area contributed by atoms with E-state index < -0.39 is 23.6 Å². The quantitative estimate of drug-likeness (QED) is 0.163. The molecule has 6 heterocycles. The number of anilines is 1. The standard InChI is InChI=1S/C51H51F3N6O3S/c1-29-32(4)64-50-45(29)47(55-31(3)49-57-56-33(5)60(49)50)34-7-11-37(12-8-34)59-21-18-51(19-22-59)17-6-20-58(28-51)23-24-62-39-14-9-35(10-15-39)48-44(46-41(53)25-36(52)26-42(46)54)30(2)40-27-38(61)13-16-43(40)63-48/h7-16,25-27,31,48,61H,6,17-24,28H2,1-5H3/t31-,48+/m0/s1. The first-order valence-electron chi connectivity index (χ1n) is 22.1. The predicted molar refractivity (Wildman–Crippen MR) is 246 cm³/mol. The van der Waals surface area contributed by atoms with E-state index in [1.807, 2.05) is 31.2 Å². The highest BCUT2D eigenvalue weighted by Gasteiger charge is 2.39. The molecule has 0 bridgehead atoms. The number of nitrogens with zero attached hydrogens (tertiary/aromatic N) is 6. The predicted octanol–water partition coefficient (Wildman–Crippen LogP) is 11.1. The molecule has 0 unspecified atom stereocenters. The fourth-order valence-electron chi connectivity index (χ4n) is 10.3. The third-order valence-corrected chi connectivity index (χ3v) is 15.0. The first-order valence-corrected chi connectivity index (χ1v) is 22.9. The zero-order valence-corrected chi connectivity index (χ0v) is 37.5. The van der Waals surface area contributed by atoms with Gasteiger partial charge in [0, 0.05) is 71.1 Å². The number of hydrogen-bond acceptors (Lipinski definition) is 9. The molecule has 0 radical (unpaired) electrons. The zero-order chi connectivity index (χ0) is 44.4. The Balaban J connectivity index is 0.767. The number of phenols is 1. The molecule has 4 aliphatic heterocycles. The lowest BCUT2D eigenvalue weighted by Crippen LogP contribution is -2.50. The van der Waals surface area contributed by atoms with E-state index in [4.69, 9.17) is 14.5 Å². The van der Waals surface area contributed by atoms with Crippen molar-refractivity contribution in [2.24, 2.45) is 10.4 Å². The van der Waals surface area contributed by atoms with Crippen molar-refractivity contribution in [1.82, 2.24) is 19.7 Å². The third-order valence-electron chi connectivity index (χ3n) is 13.8. The highest BCUT2D eigenvalue weighted by atomic mass is 32.1. The number of likely N-dealkylation sites (tertiary alicyclic amines) is 1. The van der Waals surface area contributed by atoms with Crippen molar-refractivity contribution >= 4 is 33.9 Å². The summed E-state index contributed by atoms with van der Waals surface area (Å²) in [6.07, 6.45) is 3.80. The smallest absolute Gasteiger partial charge is 0.162 e. The van der Waals surface area contributed by atoms with Gasteiger partial charge in [0.25, 0.3) is 0 Å². The molecule has 13 heteroatoms. The Kier molecular flexibility index (Phi) is 10.9. The molecule has 6 aromatic rings. The summed E-state index contributed by atoms with van der Waals surface area (Å²) in [6.45, 7) is 15.7. The summed E-state index contributed by atoms with van der Waals surface area (Å²) in [5.74, 6) is -0.158. The second-order valence-electron chi connectivity index (χ2n) is 17.9. The molecule has 0 saturated carbocycles. The van der Waals surface area contributed by atoms with Gasteiger partial charge in [0.1, 0.15) is 64.3 Å². The van der Waals surface area contributed by atoms with E-state index >= 15 is 8.78 Å². The van der Waals surface area contributed by atoms with Crippen LogP contribution in [0.5, 0.6) is 17.2 Å². The first-order chi connectivity index (χ1) is 30.9. The van der Waals surface area contributed by atoms with Crippen LogP contribution in [-0.4, -0.2) is 69.8 Å². The molecule has 4 aliphatic rings. The molecule has 1 N–H and O–H groups in total. The number of aliphatic imine (C=N–C) groups is 1. The van der Waals surface area contributed by atoms with Crippen molar-refractivity contribution in [2.45, 2.75) is 72.4 Å². The lowest BCUT2D eigenvalue weighted by Gasteiger charge is -2.48. The van der Waals surface area contributed by atoms with Gasteiger partial charge in [-0.25, -0.2) is 13.2 Å². The maximum atomic E-state index is 15.3. The van der Waals surface area contributed by atoms with Gasteiger partial charge in [0.15, 0.2) is 5.82 Å². The van der Waals surface area contributed by atoms with Crippen molar-refractivity contribution in [3.05, 3.63) is 146 Å². The van der Waals surface area contributed by atoms with Crippen LogP contribution in [0.1, 0.15) is 102 Å². The number of benzene rings is 4. The summed E-state index contributed by atoms with van der Waals surface area (Å²) < 4.78 is 59.3. The Morgan fingerprint density at radius 3 is 2.33 bits per heavy atom. The van der Waals surface area contributed by atoms with Crippen LogP contribution in [0.3, 0.4) is 0 Å². The molecule has 9 nitrogen and oxygen atoms in total. The largest absolute Gasteiger partial charge is 0.508 e. The van der Waals surface area contributed by atoms with Gasteiger partial charge in [-0.2, -0.15) is 0 Å². The Labute approximate surface area is 375 Å². The van der Waals surface area contributed by atoms with E-state index in [0.717, 1.165) is 79.9 Å². The molecular weight excluding hydrogens is 834 g/mol. The number of piperidine rings is 2. The fourth-order valence-corrected chi connectivity index (χ4v) is 11.5. The zero-order valence-electron chi connectivity index (χ0n) is 36.7. The van der Waals surface area contributed by atoms with E-state index in [9.17, 15) is 9.50 Å². The summed E-state index contributed by atoms with van der Waals surface area (Å²) in [5, 5.41) is 20.2. The topological polar surface area (TPSA) is 88.2 Å². The van der Waals surface area contributed by atoms with Crippen LogP contribution in [0, 0.1) is 43.6 Å². The summed E-state index contributed by atoms with van der Waals surface area (Å²) in [7, 11) is 0. The molecule has 10 rings (SSSR count). The van der Waals surface area contributed by atoms with Crippen molar-refractivity contribution in [1.29, 1.82) is 0 Å². The van der Waals surface area contributed by atoms with Gasteiger partial charge in [0.2, 0.25) is 0 Å².